The number of hydrogen-bond donors (Lipinski definition) is 1. The van der Waals surface area contributed by atoms with Gasteiger partial charge < -0.3 is 10.1 Å². The first-order valence-electron chi connectivity index (χ1n) is 9.64. The van der Waals surface area contributed by atoms with Crippen molar-refractivity contribution < 1.29 is 18.3 Å². The second-order valence-corrected chi connectivity index (χ2v) is 8.13. The smallest absolute Gasteiger partial charge is 0.271 e. The van der Waals surface area contributed by atoms with Crippen LogP contribution >= 0.6 is 22.9 Å². The van der Waals surface area contributed by atoms with Crippen molar-refractivity contribution in [2.75, 3.05) is 0 Å². The van der Waals surface area contributed by atoms with E-state index in [-0.39, 0.29) is 24.9 Å². The monoisotopic (exact) mass is 470 g/mol. The summed E-state index contributed by atoms with van der Waals surface area (Å²) < 4.78 is 32.5. The topological polar surface area (TPSA) is 51.2 Å². The number of nitrogens with zero attached hydrogens (tertiary/aromatic N) is 1. The molecule has 0 saturated heterocycles. The van der Waals surface area contributed by atoms with Crippen LogP contribution in [0.1, 0.15) is 21.6 Å². The molecule has 0 aliphatic rings. The molecule has 0 fully saturated rings. The predicted molar refractivity (Wildman–Crippen MR) is 121 cm³/mol. The molecule has 1 N–H and O–H groups in total. The number of carbonyl (C=O) groups excluding carboxylic acids is 1. The number of halogens is 3. The molecule has 0 saturated carbocycles. The van der Waals surface area contributed by atoms with Crippen LogP contribution in [0.4, 0.5) is 8.78 Å². The molecular weight excluding hydrogens is 454 g/mol. The Balaban J connectivity index is 1.36. The lowest BCUT2D eigenvalue weighted by Gasteiger charge is -2.09. The number of benzene rings is 3. The summed E-state index contributed by atoms with van der Waals surface area (Å²) in [5.74, 6) is -0.487. The third-order valence-electron chi connectivity index (χ3n) is 4.65. The van der Waals surface area contributed by atoms with Crippen molar-refractivity contribution in [3.05, 3.63) is 106 Å². The minimum absolute atomic E-state index is 0.0144. The molecule has 1 heterocycles. The molecule has 0 unspecified atom stereocenters. The number of ether oxygens (including phenoxy) is 1. The highest BCUT2D eigenvalue weighted by molar-refractivity contribution is 7.13. The van der Waals surface area contributed by atoms with E-state index >= 15 is 0 Å². The standard InChI is InChI=1S/C24H17ClF2N2O2S/c25-20-2-1-3-21(27)19(20)13-31-18-10-6-16(7-11-18)24-29-22(14-32-24)23(30)28-12-15-4-8-17(26)9-5-15/h1-11,14H,12-13H2,(H,28,30). The van der Waals surface area contributed by atoms with Gasteiger partial charge in [0.05, 0.1) is 5.02 Å². The summed E-state index contributed by atoms with van der Waals surface area (Å²) in [6, 6.07) is 17.6. The average Bonchev–Trinajstić information content (AvgIpc) is 3.29. The Labute approximate surface area is 192 Å². The van der Waals surface area contributed by atoms with Gasteiger partial charge in [-0.3, -0.25) is 4.79 Å². The van der Waals surface area contributed by atoms with Crippen LogP contribution in [0.2, 0.25) is 5.02 Å². The molecule has 3 aromatic carbocycles. The molecule has 0 aliphatic carbocycles. The molecule has 0 bridgehead atoms. The molecule has 0 radical (unpaired) electrons. The second-order valence-electron chi connectivity index (χ2n) is 6.86. The fourth-order valence-corrected chi connectivity index (χ4v) is 3.93. The van der Waals surface area contributed by atoms with Crippen LogP contribution in [0.3, 0.4) is 0 Å². The van der Waals surface area contributed by atoms with Gasteiger partial charge in [-0.1, -0.05) is 29.8 Å². The lowest BCUT2D eigenvalue weighted by Crippen LogP contribution is -2.23. The maximum Gasteiger partial charge on any atom is 0.271 e. The molecule has 4 rings (SSSR count). The largest absolute Gasteiger partial charge is 0.489 e. The van der Waals surface area contributed by atoms with Crippen molar-refractivity contribution in [3.63, 3.8) is 0 Å². The van der Waals surface area contributed by atoms with Gasteiger partial charge in [0.15, 0.2) is 0 Å². The molecule has 4 nitrogen and oxygen atoms in total. The zero-order chi connectivity index (χ0) is 22.5. The van der Waals surface area contributed by atoms with E-state index in [0.717, 1.165) is 11.1 Å². The molecular formula is C24H17ClF2N2O2S. The lowest BCUT2D eigenvalue weighted by molar-refractivity contribution is 0.0946. The lowest BCUT2D eigenvalue weighted by atomic mass is 10.2. The van der Waals surface area contributed by atoms with Crippen LogP contribution in [0.5, 0.6) is 5.75 Å². The minimum atomic E-state index is -0.415. The molecule has 0 spiro atoms. The van der Waals surface area contributed by atoms with E-state index in [1.807, 2.05) is 12.1 Å². The van der Waals surface area contributed by atoms with Crippen LogP contribution in [-0.2, 0) is 13.2 Å². The Morgan fingerprint density at radius 3 is 2.50 bits per heavy atom. The Hall–Kier alpha value is -3.29. The maximum atomic E-state index is 13.9. The normalized spacial score (nSPS) is 10.7. The number of hydrogen-bond acceptors (Lipinski definition) is 4. The van der Waals surface area contributed by atoms with Crippen molar-refractivity contribution in [1.29, 1.82) is 0 Å². The van der Waals surface area contributed by atoms with Gasteiger partial charge in [0.25, 0.3) is 5.91 Å². The Kier molecular flexibility index (Phi) is 6.78. The molecule has 0 aliphatic heterocycles. The van der Waals surface area contributed by atoms with Gasteiger partial charge in [0.1, 0.15) is 34.7 Å². The van der Waals surface area contributed by atoms with Crippen LogP contribution in [-0.4, -0.2) is 10.9 Å². The SMILES string of the molecule is O=C(NCc1ccc(F)cc1)c1csc(-c2ccc(OCc3c(F)cccc3Cl)cc2)n1. The van der Waals surface area contributed by atoms with Gasteiger partial charge in [0.2, 0.25) is 0 Å². The van der Waals surface area contributed by atoms with Crippen molar-refractivity contribution >= 4 is 28.8 Å². The van der Waals surface area contributed by atoms with E-state index < -0.39 is 5.82 Å². The number of nitrogens with one attached hydrogen (secondary N) is 1. The number of rotatable bonds is 7. The Bertz CT molecular complexity index is 1210. The average molecular weight is 471 g/mol. The zero-order valence-electron chi connectivity index (χ0n) is 16.6. The first kappa shape index (κ1) is 21.9. The highest BCUT2D eigenvalue weighted by Crippen LogP contribution is 2.27. The zero-order valence-corrected chi connectivity index (χ0v) is 18.2. The van der Waals surface area contributed by atoms with E-state index in [2.05, 4.69) is 10.3 Å². The number of carbonyl (C=O) groups is 1. The van der Waals surface area contributed by atoms with Crippen LogP contribution in [0.15, 0.2) is 72.1 Å². The van der Waals surface area contributed by atoms with Crippen molar-refractivity contribution in [2.24, 2.45) is 0 Å². The second kappa shape index (κ2) is 9.89. The van der Waals surface area contributed by atoms with Crippen LogP contribution in [0.25, 0.3) is 10.6 Å². The number of amides is 1. The van der Waals surface area contributed by atoms with Crippen LogP contribution < -0.4 is 10.1 Å². The first-order valence-corrected chi connectivity index (χ1v) is 10.9. The van der Waals surface area contributed by atoms with Gasteiger partial charge in [-0.2, -0.15) is 0 Å². The van der Waals surface area contributed by atoms with Gasteiger partial charge in [0, 0.05) is 23.1 Å². The summed E-state index contributed by atoms with van der Waals surface area (Å²) in [4.78, 5) is 16.7. The first-order chi connectivity index (χ1) is 15.5. The van der Waals surface area contributed by atoms with Gasteiger partial charge in [-0.25, -0.2) is 13.8 Å². The number of thiazole rings is 1. The van der Waals surface area contributed by atoms with E-state index in [9.17, 15) is 13.6 Å². The van der Waals surface area contributed by atoms with E-state index in [1.54, 1.807) is 41.8 Å². The molecule has 1 aromatic heterocycles. The van der Waals surface area contributed by atoms with E-state index in [4.69, 9.17) is 16.3 Å². The molecule has 4 aromatic rings. The molecule has 8 heteroatoms. The quantitative estimate of drug-likeness (QED) is 0.347. The summed E-state index contributed by atoms with van der Waals surface area (Å²) in [7, 11) is 0. The highest BCUT2D eigenvalue weighted by Gasteiger charge is 2.12. The predicted octanol–water partition coefficient (Wildman–Crippen LogP) is 6.25. The summed E-state index contributed by atoms with van der Waals surface area (Å²) in [6.07, 6.45) is 0. The maximum absolute atomic E-state index is 13.9. The van der Waals surface area contributed by atoms with Gasteiger partial charge >= 0.3 is 0 Å². The molecule has 32 heavy (non-hydrogen) atoms. The summed E-state index contributed by atoms with van der Waals surface area (Å²) in [5.41, 5.74) is 2.22. The summed E-state index contributed by atoms with van der Waals surface area (Å²) in [6.45, 7) is 0.296. The minimum Gasteiger partial charge on any atom is -0.489 e. The molecule has 1 amide bonds. The van der Waals surface area contributed by atoms with Crippen molar-refractivity contribution in [1.82, 2.24) is 10.3 Å². The molecule has 0 atom stereocenters. The Morgan fingerprint density at radius 2 is 1.78 bits per heavy atom. The third-order valence-corrected chi connectivity index (χ3v) is 5.89. The fraction of sp³-hybridized carbons (Fsp3) is 0.0833. The third kappa shape index (κ3) is 5.30. The van der Waals surface area contributed by atoms with Crippen molar-refractivity contribution in [3.8, 4) is 16.3 Å². The Morgan fingerprint density at radius 1 is 1.03 bits per heavy atom. The molecule has 162 valence electrons. The summed E-state index contributed by atoms with van der Waals surface area (Å²) >= 11 is 7.36. The van der Waals surface area contributed by atoms with Gasteiger partial charge in [-0.05, 0) is 54.1 Å². The van der Waals surface area contributed by atoms with Crippen LogP contribution in [0, 0.1) is 11.6 Å². The fourth-order valence-electron chi connectivity index (χ4n) is 2.91. The van der Waals surface area contributed by atoms with Gasteiger partial charge in [-0.15, -0.1) is 11.3 Å². The van der Waals surface area contributed by atoms with Crippen molar-refractivity contribution in [2.45, 2.75) is 13.2 Å². The highest BCUT2D eigenvalue weighted by atomic mass is 35.5. The summed E-state index contributed by atoms with van der Waals surface area (Å²) in [5, 5.41) is 5.45. The number of aromatic nitrogens is 1. The van der Waals surface area contributed by atoms with E-state index in [1.165, 1.54) is 29.5 Å². The van der Waals surface area contributed by atoms with E-state index in [0.29, 0.717) is 27.0 Å².